The number of hydrogen-bond acceptors (Lipinski definition) is 4. The summed E-state index contributed by atoms with van der Waals surface area (Å²) in [7, 11) is 0. The third-order valence-electron chi connectivity index (χ3n) is 2.88. The van der Waals surface area contributed by atoms with Gasteiger partial charge in [0.1, 0.15) is 5.82 Å². The zero-order valence-electron chi connectivity index (χ0n) is 11.5. The van der Waals surface area contributed by atoms with Crippen molar-refractivity contribution in [3.8, 4) is 0 Å². The van der Waals surface area contributed by atoms with Crippen molar-refractivity contribution >= 4 is 45.7 Å². The highest BCUT2D eigenvalue weighted by molar-refractivity contribution is 6.82. The van der Waals surface area contributed by atoms with Gasteiger partial charge in [0.25, 0.3) is 0 Å². The molecule has 0 aliphatic heterocycles. The van der Waals surface area contributed by atoms with E-state index in [0.717, 1.165) is 6.07 Å². The first-order chi connectivity index (χ1) is 10.9. The fourth-order valence-electron chi connectivity index (χ4n) is 1.79. The van der Waals surface area contributed by atoms with Crippen LogP contribution in [0, 0.1) is 5.82 Å². The number of benzene rings is 2. The summed E-state index contributed by atoms with van der Waals surface area (Å²) in [5.74, 6) is -1.44. The number of aliphatic hydroxyl groups is 1. The molecule has 120 valence electrons. The zero-order valence-corrected chi connectivity index (χ0v) is 13.0. The summed E-state index contributed by atoms with van der Waals surface area (Å²) in [5, 5.41) is 14.1. The van der Waals surface area contributed by atoms with Crippen molar-refractivity contribution in [3.63, 3.8) is 0 Å². The van der Waals surface area contributed by atoms with Crippen molar-refractivity contribution in [2.24, 2.45) is 0 Å². The van der Waals surface area contributed by atoms with Gasteiger partial charge in [-0.2, -0.15) is 0 Å². The molecule has 0 fully saturated rings. The maximum Gasteiger partial charge on any atom is 0.310 e. The molecule has 2 aromatic rings. The van der Waals surface area contributed by atoms with Crippen molar-refractivity contribution in [1.82, 2.24) is 0 Å². The quantitative estimate of drug-likeness (QED) is 0.436. The van der Waals surface area contributed by atoms with Gasteiger partial charge in [0.2, 0.25) is 0 Å². The molecule has 0 aliphatic carbocycles. The van der Waals surface area contributed by atoms with Crippen LogP contribution in [0.1, 0.15) is 11.8 Å². The summed E-state index contributed by atoms with van der Waals surface area (Å²) in [4.78, 5) is 21.8. The second kappa shape index (κ2) is 7.41. The molecule has 0 saturated heterocycles. The number of carbonyl (C=O) groups is 2. The van der Waals surface area contributed by atoms with Crippen molar-refractivity contribution in [1.29, 1.82) is 0 Å². The zero-order chi connectivity index (χ0) is 17.0. The molecular formula is C15H11Cl2FN2O3. The Kier molecular flexibility index (Phi) is 5.54. The summed E-state index contributed by atoms with van der Waals surface area (Å²) in [6.07, 6.45) is -1.15. The monoisotopic (exact) mass is 356 g/mol. The first-order valence-corrected chi connectivity index (χ1v) is 7.13. The van der Waals surface area contributed by atoms with Crippen LogP contribution in [0.5, 0.6) is 0 Å². The van der Waals surface area contributed by atoms with Crippen LogP contribution in [0.4, 0.5) is 15.8 Å². The number of amides is 1. The highest BCUT2D eigenvalue weighted by Crippen LogP contribution is 2.25. The molecule has 23 heavy (non-hydrogen) atoms. The molecule has 1 atom stereocenters. The fourth-order valence-corrected chi connectivity index (χ4v) is 2.11. The van der Waals surface area contributed by atoms with Crippen LogP contribution in [0.15, 0.2) is 42.5 Å². The lowest BCUT2D eigenvalue weighted by molar-refractivity contribution is -0.130. The summed E-state index contributed by atoms with van der Waals surface area (Å²) in [6, 6.07) is 9.82. The second-order valence-electron chi connectivity index (χ2n) is 4.52. The van der Waals surface area contributed by atoms with E-state index >= 15 is 0 Å². The second-order valence-corrected chi connectivity index (χ2v) is 5.27. The maximum atomic E-state index is 13.0. The Morgan fingerprint density at radius 2 is 1.70 bits per heavy atom. The van der Waals surface area contributed by atoms with Gasteiger partial charge >= 0.3 is 11.1 Å². The molecular weight excluding hydrogens is 346 g/mol. The third-order valence-corrected chi connectivity index (χ3v) is 3.38. The number of anilines is 2. The van der Waals surface area contributed by atoms with Crippen molar-refractivity contribution in [3.05, 3.63) is 58.9 Å². The molecule has 0 bridgehead atoms. The molecule has 3 N–H and O–H groups in total. The lowest BCUT2D eigenvalue weighted by Crippen LogP contribution is -2.17. The molecule has 2 aromatic carbocycles. The Morgan fingerprint density at radius 1 is 1.09 bits per heavy atom. The van der Waals surface area contributed by atoms with Gasteiger partial charge in [-0.3, -0.25) is 9.59 Å². The minimum absolute atomic E-state index is 0.0921. The van der Waals surface area contributed by atoms with E-state index < -0.39 is 23.2 Å². The molecule has 0 spiro atoms. The summed E-state index contributed by atoms with van der Waals surface area (Å²) in [5.41, 5.74) is 1.20. The van der Waals surface area contributed by atoms with Crippen LogP contribution in [0.3, 0.4) is 0 Å². The molecule has 1 amide bonds. The molecule has 0 heterocycles. The van der Waals surface area contributed by atoms with Crippen LogP contribution in [-0.2, 0) is 9.59 Å². The Morgan fingerprint density at radius 3 is 2.26 bits per heavy atom. The van der Waals surface area contributed by atoms with E-state index in [1.54, 1.807) is 12.1 Å². The van der Waals surface area contributed by atoms with Gasteiger partial charge in [-0.25, -0.2) is 4.39 Å². The van der Waals surface area contributed by atoms with E-state index in [9.17, 15) is 19.1 Å². The minimum Gasteiger partial charge on any atom is -0.369 e. The smallest absolute Gasteiger partial charge is 0.310 e. The van der Waals surface area contributed by atoms with E-state index in [4.69, 9.17) is 23.2 Å². The van der Waals surface area contributed by atoms with Gasteiger partial charge in [-0.15, -0.1) is 0 Å². The van der Waals surface area contributed by atoms with Gasteiger partial charge in [-0.05, 0) is 48.0 Å². The molecule has 8 heteroatoms. The minimum atomic E-state index is -1.15. The van der Waals surface area contributed by atoms with Gasteiger partial charge in [0, 0.05) is 16.9 Å². The first kappa shape index (κ1) is 17.2. The fraction of sp³-hybridized carbons (Fsp3) is 0.0667. The third kappa shape index (κ3) is 4.66. The SMILES string of the molecule is O=C(Cl)C(=O)Nc1ccc(NC(O)c2ccc(F)cc2Cl)cc1. The normalized spacial score (nSPS) is 11.7. The lowest BCUT2D eigenvalue weighted by Gasteiger charge is -2.16. The number of hydrogen-bond donors (Lipinski definition) is 3. The summed E-state index contributed by atoms with van der Waals surface area (Å²) in [6.45, 7) is 0. The van der Waals surface area contributed by atoms with Crippen molar-refractivity contribution in [2.75, 3.05) is 10.6 Å². The topological polar surface area (TPSA) is 78.4 Å². The van der Waals surface area contributed by atoms with Crippen LogP contribution >= 0.6 is 23.2 Å². The average Bonchev–Trinajstić information content (AvgIpc) is 2.48. The van der Waals surface area contributed by atoms with Crippen LogP contribution in [0.25, 0.3) is 0 Å². The molecule has 5 nitrogen and oxygen atoms in total. The van der Waals surface area contributed by atoms with Gasteiger partial charge in [0.05, 0.1) is 5.02 Å². The molecule has 0 aromatic heterocycles. The Hall–Kier alpha value is -2.15. The standard InChI is InChI=1S/C15H11Cl2FN2O3/c16-12-7-8(18)1-6-11(12)14(22)19-9-2-4-10(5-3-9)20-15(23)13(17)21/h1-7,14,19,22H,(H,20,23). The van der Waals surface area contributed by atoms with E-state index in [0.29, 0.717) is 16.9 Å². The van der Waals surface area contributed by atoms with Crippen molar-refractivity contribution < 1.29 is 19.1 Å². The highest BCUT2D eigenvalue weighted by atomic mass is 35.5. The van der Waals surface area contributed by atoms with E-state index in [1.807, 2.05) is 0 Å². The summed E-state index contributed by atoms with van der Waals surface area (Å²) >= 11 is 10.9. The predicted molar refractivity (Wildman–Crippen MR) is 85.9 cm³/mol. The number of carbonyl (C=O) groups excluding carboxylic acids is 2. The molecule has 0 aliphatic rings. The number of halogens is 3. The lowest BCUT2D eigenvalue weighted by atomic mass is 10.2. The van der Waals surface area contributed by atoms with Gasteiger partial charge in [-0.1, -0.05) is 17.7 Å². The highest BCUT2D eigenvalue weighted by Gasteiger charge is 2.13. The molecule has 0 saturated carbocycles. The molecule has 1 unspecified atom stereocenters. The number of aliphatic hydroxyl groups excluding tert-OH is 1. The predicted octanol–water partition coefficient (Wildman–Crippen LogP) is 3.29. The number of nitrogens with one attached hydrogen (secondary N) is 2. The largest absolute Gasteiger partial charge is 0.369 e. The molecule has 2 rings (SSSR count). The van der Waals surface area contributed by atoms with Crippen LogP contribution in [-0.4, -0.2) is 16.3 Å². The van der Waals surface area contributed by atoms with Crippen LogP contribution in [0.2, 0.25) is 5.02 Å². The van der Waals surface area contributed by atoms with Crippen LogP contribution < -0.4 is 10.6 Å². The van der Waals surface area contributed by atoms with Gasteiger partial charge < -0.3 is 15.7 Å². The van der Waals surface area contributed by atoms with E-state index in [-0.39, 0.29) is 5.02 Å². The maximum absolute atomic E-state index is 13.0. The molecule has 0 radical (unpaired) electrons. The summed E-state index contributed by atoms with van der Waals surface area (Å²) < 4.78 is 13.0. The Balaban J connectivity index is 2.05. The number of rotatable bonds is 5. The first-order valence-electron chi connectivity index (χ1n) is 6.37. The van der Waals surface area contributed by atoms with E-state index in [1.165, 1.54) is 24.3 Å². The van der Waals surface area contributed by atoms with Crippen molar-refractivity contribution in [2.45, 2.75) is 6.23 Å². The average molecular weight is 357 g/mol. The van der Waals surface area contributed by atoms with E-state index in [2.05, 4.69) is 10.6 Å². The van der Waals surface area contributed by atoms with Gasteiger partial charge in [0.15, 0.2) is 6.23 Å². The Labute approximate surface area is 141 Å². The Bertz CT molecular complexity index is 738.